The average molecular weight is 300 g/mol. The SMILES string of the molecule is CCNC(=O)NC(=O)C(C)NC(C)CCCN(CC)CC. The van der Waals surface area contributed by atoms with Crippen LogP contribution in [0.15, 0.2) is 0 Å². The van der Waals surface area contributed by atoms with Crippen molar-refractivity contribution in [3.8, 4) is 0 Å². The van der Waals surface area contributed by atoms with Crippen LogP contribution in [0.3, 0.4) is 0 Å². The fourth-order valence-corrected chi connectivity index (χ4v) is 2.17. The van der Waals surface area contributed by atoms with Gasteiger partial charge < -0.3 is 15.5 Å². The number of nitrogens with one attached hydrogen (secondary N) is 3. The Morgan fingerprint density at radius 1 is 1.10 bits per heavy atom. The summed E-state index contributed by atoms with van der Waals surface area (Å²) in [5, 5.41) is 8.09. The van der Waals surface area contributed by atoms with E-state index in [9.17, 15) is 9.59 Å². The maximum absolute atomic E-state index is 11.8. The molecule has 0 aromatic rings. The van der Waals surface area contributed by atoms with Crippen LogP contribution >= 0.6 is 0 Å². The van der Waals surface area contributed by atoms with Gasteiger partial charge in [0.2, 0.25) is 5.91 Å². The predicted molar refractivity (Wildman–Crippen MR) is 86.3 cm³/mol. The topological polar surface area (TPSA) is 73.5 Å². The lowest BCUT2D eigenvalue weighted by atomic mass is 10.1. The van der Waals surface area contributed by atoms with Gasteiger partial charge in [-0.1, -0.05) is 13.8 Å². The standard InChI is InChI=1S/C15H32N4O2/c1-6-16-15(21)18-14(20)13(5)17-12(4)10-9-11-19(7-2)8-3/h12-13,17H,6-11H2,1-5H3,(H2,16,18,20,21). The van der Waals surface area contributed by atoms with Gasteiger partial charge >= 0.3 is 6.03 Å². The third-order valence-corrected chi connectivity index (χ3v) is 3.51. The van der Waals surface area contributed by atoms with Crippen molar-refractivity contribution in [3.05, 3.63) is 0 Å². The molecule has 2 atom stereocenters. The largest absolute Gasteiger partial charge is 0.338 e. The van der Waals surface area contributed by atoms with Crippen LogP contribution in [0.2, 0.25) is 0 Å². The second kappa shape index (κ2) is 11.5. The van der Waals surface area contributed by atoms with E-state index in [4.69, 9.17) is 0 Å². The summed E-state index contributed by atoms with van der Waals surface area (Å²) in [5.41, 5.74) is 0. The van der Waals surface area contributed by atoms with Gasteiger partial charge in [-0.25, -0.2) is 4.79 Å². The van der Waals surface area contributed by atoms with E-state index >= 15 is 0 Å². The Kier molecular flexibility index (Phi) is 10.9. The lowest BCUT2D eigenvalue weighted by molar-refractivity contribution is -0.121. The van der Waals surface area contributed by atoms with Crippen molar-refractivity contribution in [2.75, 3.05) is 26.2 Å². The normalized spacial score (nSPS) is 13.8. The molecule has 0 spiro atoms. The van der Waals surface area contributed by atoms with E-state index in [0.29, 0.717) is 6.54 Å². The second-order valence-corrected chi connectivity index (χ2v) is 5.31. The number of hydrogen-bond donors (Lipinski definition) is 3. The summed E-state index contributed by atoms with van der Waals surface area (Å²) in [6, 6.07) is -0.572. The molecule has 0 aliphatic carbocycles. The molecule has 6 heteroatoms. The molecule has 0 saturated carbocycles. The van der Waals surface area contributed by atoms with Crippen LogP contribution < -0.4 is 16.0 Å². The monoisotopic (exact) mass is 300 g/mol. The molecule has 0 aromatic carbocycles. The third-order valence-electron chi connectivity index (χ3n) is 3.51. The fourth-order valence-electron chi connectivity index (χ4n) is 2.17. The van der Waals surface area contributed by atoms with E-state index in [1.54, 1.807) is 6.92 Å². The van der Waals surface area contributed by atoms with Crippen molar-refractivity contribution in [3.63, 3.8) is 0 Å². The van der Waals surface area contributed by atoms with Crippen LogP contribution in [-0.2, 0) is 4.79 Å². The average Bonchev–Trinajstić information content (AvgIpc) is 2.43. The van der Waals surface area contributed by atoms with Crippen LogP contribution in [0.25, 0.3) is 0 Å². The van der Waals surface area contributed by atoms with Crippen molar-refractivity contribution in [1.82, 2.24) is 20.9 Å². The smallest absolute Gasteiger partial charge is 0.321 e. The zero-order chi connectivity index (χ0) is 16.3. The van der Waals surface area contributed by atoms with Gasteiger partial charge in [-0.15, -0.1) is 0 Å². The molecule has 124 valence electrons. The van der Waals surface area contributed by atoms with Crippen LogP contribution in [0.5, 0.6) is 0 Å². The molecular formula is C15H32N4O2. The first-order chi connectivity index (χ1) is 9.94. The van der Waals surface area contributed by atoms with E-state index in [1.807, 2.05) is 6.92 Å². The molecule has 0 fully saturated rings. The summed E-state index contributed by atoms with van der Waals surface area (Å²) in [5.74, 6) is -0.295. The van der Waals surface area contributed by atoms with Crippen molar-refractivity contribution < 1.29 is 9.59 Å². The minimum Gasteiger partial charge on any atom is -0.338 e. The van der Waals surface area contributed by atoms with E-state index in [-0.39, 0.29) is 18.0 Å². The summed E-state index contributed by atoms with van der Waals surface area (Å²) >= 11 is 0. The second-order valence-electron chi connectivity index (χ2n) is 5.31. The molecule has 3 amide bonds. The maximum Gasteiger partial charge on any atom is 0.321 e. The first-order valence-electron chi connectivity index (χ1n) is 8.01. The first-order valence-corrected chi connectivity index (χ1v) is 8.01. The summed E-state index contributed by atoms with van der Waals surface area (Å²) in [6.45, 7) is 13.7. The molecule has 0 radical (unpaired) electrons. The van der Waals surface area contributed by atoms with Crippen LogP contribution in [-0.4, -0.2) is 55.1 Å². The minimum atomic E-state index is -0.440. The number of rotatable bonds is 10. The Morgan fingerprint density at radius 3 is 2.24 bits per heavy atom. The Bertz CT molecular complexity index is 306. The van der Waals surface area contributed by atoms with Gasteiger partial charge in [-0.2, -0.15) is 0 Å². The van der Waals surface area contributed by atoms with Crippen molar-refractivity contribution in [1.29, 1.82) is 0 Å². The first kappa shape index (κ1) is 19.9. The lowest BCUT2D eigenvalue weighted by Gasteiger charge is -2.22. The van der Waals surface area contributed by atoms with Gasteiger partial charge in [0.05, 0.1) is 6.04 Å². The van der Waals surface area contributed by atoms with Crippen molar-refractivity contribution >= 4 is 11.9 Å². The Labute approximate surface area is 129 Å². The van der Waals surface area contributed by atoms with E-state index in [1.165, 1.54) is 0 Å². The highest BCUT2D eigenvalue weighted by molar-refractivity contribution is 5.96. The molecule has 0 bridgehead atoms. The molecule has 3 N–H and O–H groups in total. The molecule has 0 saturated heterocycles. The zero-order valence-electron chi connectivity index (χ0n) is 14.2. The van der Waals surface area contributed by atoms with Crippen LogP contribution in [0, 0.1) is 0 Å². The number of nitrogens with zero attached hydrogens (tertiary/aromatic N) is 1. The predicted octanol–water partition coefficient (Wildman–Crippen LogP) is 1.32. The number of amides is 3. The van der Waals surface area contributed by atoms with Gasteiger partial charge in [-0.3, -0.25) is 10.1 Å². The molecular weight excluding hydrogens is 268 g/mol. The lowest BCUT2D eigenvalue weighted by Crippen LogP contribution is -2.50. The Hall–Kier alpha value is -1.14. The van der Waals surface area contributed by atoms with E-state index in [0.717, 1.165) is 32.5 Å². The molecule has 6 nitrogen and oxygen atoms in total. The van der Waals surface area contributed by atoms with Crippen LogP contribution in [0.1, 0.15) is 47.5 Å². The zero-order valence-corrected chi connectivity index (χ0v) is 14.2. The highest BCUT2D eigenvalue weighted by Crippen LogP contribution is 2.01. The highest BCUT2D eigenvalue weighted by atomic mass is 16.2. The molecule has 0 aliphatic rings. The maximum atomic E-state index is 11.8. The summed E-state index contributed by atoms with van der Waals surface area (Å²) in [4.78, 5) is 25.5. The fraction of sp³-hybridized carbons (Fsp3) is 0.867. The van der Waals surface area contributed by atoms with Gasteiger partial charge in [0.25, 0.3) is 0 Å². The molecule has 0 aromatic heterocycles. The molecule has 0 rings (SSSR count). The number of carbonyl (C=O) groups excluding carboxylic acids is 2. The van der Waals surface area contributed by atoms with Crippen molar-refractivity contribution in [2.24, 2.45) is 0 Å². The summed E-state index contributed by atoms with van der Waals surface area (Å²) in [6.07, 6.45) is 2.11. The molecule has 2 unspecified atom stereocenters. The third kappa shape index (κ3) is 9.42. The summed E-state index contributed by atoms with van der Waals surface area (Å²) in [7, 11) is 0. The van der Waals surface area contributed by atoms with Gasteiger partial charge in [0.1, 0.15) is 0 Å². The Balaban J connectivity index is 3.94. The van der Waals surface area contributed by atoms with Crippen LogP contribution in [0.4, 0.5) is 4.79 Å². The highest BCUT2D eigenvalue weighted by Gasteiger charge is 2.17. The minimum absolute atomic E-state index is 0.246. The van der Waals surface area contributed by atoms with E-state index in [2.05, 4.69) is 41.6 Å². The van der Waals surface area contributed by atoms with Gasteiger partial charge in [-0.05, 0) is 53.2 Å². The number of urea groups is 1. The Morgan fingerprint density at radius 2 is 1.71 bits per heavy atom. The summed E-state index contributed by atoms with van der Waals surface area (Å²) < 4.78 is 0. The number of hydrogen-bond acceptors (Lipinski definition) is 4. The number of carbonyl (C=O) groups is 2. The van der Waals surface area contributed by atoms with Crippen molar-refractivity contribution in [2.45, 2.75) is 59.5 Å². The van der Waals surface area contributed by atoms with Gasteiger partial charge in [0.15, 0.2) is 0 Å². The molecule has 0 heterocycles. The van der Waals surface area contributed by atoms with Gasteiger partial charge in [0, 0.05) is 12.6 Å². The quantitative estimate of drug-likeness (QED) is 0.569. The van der Waals surface area contributed by atoms with E-state index < -0.39 is 6.03 Å². The molecule has 21 heavy (non-hydrogen) atoms. The molecule has 0 aliphatic heterocycles. The number of imide groups is 1.